The summed E-state index contributed by atoms with van der Waals surface area (Å²) in [6.07, 6.45) is 3.98. The fourth-order valence-corrected chi connectivity index (χ4v) is 4.03. The van der Waals surface area contributed by atoms with E-state index in [1.165, 1.54) is 0 Å². The van der Waals surface area contributed by atoms with Gasteiger partial charge in [-0.3, -0.25) is 19.3 Å². The SMILES string of the molecule is CC1CCC(NC(=O)COC(=O)C(C(C)C)N2C(=O)c3ccccc3C2=O)CC1. The van der Waals surface area contributed by atoms with Gasteiger partial charge in [0.25, 0.3) is 17.7 Å². The van der Waals surface area contributed by atoms with E-state index in [1.807, 2.05) is 0 Å². The number of ether oxygens (including phenoxy) is 1. The molecule has 7 heteroatoms. The van der Waals surface area contributed by atoms with E-state index in [0.29, 0.717) is 5.92 Å². The molecule has 1 aromatic carbocycles. The summed E-state index contributed by atoms with van der Waals surface area (Å²) >= 11 is 0. The highest BCUT2D eigenvalue weighted by Gasteiger charge is 2.44. The lowest BCUT2D eigenvalue weighted by Gasteiger charge is -2.28. The van der Waals surface area contributed by atoms with Gasteiger partial charge < -0.3 is 10.1 Å². The average molecular weight is 400 g/mol. The first-order valence-corrected chi connectivity index (χ1v) is 10.2. The minimum atomic E-state index is -1.08. The molecule has 1 aliphatic heterocycles. The number of fused-ring (bicyclic) bond motifs is 1. The van der Waals surface area contributed by atoms with E-state index in [-0.39, 0.29) is 29.0 Å². The van der Waals surface area contributed by atoms with Crippen LogP contribution < -0.4 is 5.32 Å². The molecule has 156 valence electrons. The predicted octanol–water partition coefficient (Wildman–Crippen LogP) is 2.55. The molecule has 1 unspecified atom stereocenters. The summed E-state index contributed by atoms with van der Waals surface area (Å²) in [6, 6.07) is 5.51. The van der Waals surface area contributed by atoms with Gasteiger partial charge in [-0.1, -0.05) is 32.9 Å². The summed E-state index contributed by atoms with van der Waals surface area (Å²) in [5, 5.41) is 2.90. The van der Waals surface area contributed by atoms with Crippen LogP contribution in [0.2, 0.25) is 0 Å². The second-order valence-corrected chi connectivity index (χ2v) is 8.35. The molecule has 29 heavy (non-hydrogen) atoms. The highest BCUT2D eigenvalue weighted by atomic mass is 16.5. The smallest absolute Gasteiger partial charge is 0.330 e. The molecule has 3 amide bonds. The standard InChI is InChI=1S/C22H28N2O5/c1-13(2)19(24-20(26)16-6-4-5-7-17(16)21(24)27)22(28)29-12-18(25)23-15-10-8-14(3)9-11-15/h4-7,13-15,19H,8-12H2,1-3H3,(H,23,25). The van der Waals surface area contributed by atoms with Crippen LogP contribution in [0.3, 0.4) is 0 Å². The van der Waals surface area contributed by atoms with E-state index < -0.39 is 30.4 Å². The molecule has 1 aliphatic carbocycles. The molecule has 7 nitrogen and oxygen atoms in total. The maximum atomic E-state index is 12.7. The average Bonchev–Trinajstić information content (AvgIpc) is 2.94. The van der Waals surface area contributed by atoms with E-state index in [2.05, 4.69) is 12.2 Å². The van der Waals surface area contributed by atoms with Crippen LogP contribution in [-0.4, -0.2) is 47.3 Å². The Morgan fingerprint density at radius 3 is 2.14 bits per heavy atom. The van der Waals surface area contributed by atoms with Crippen LogP contribution in [0, 0.1) is 11.8 Å². The van der Waals surface area contributed by atoms with E-state index >= 15 is 0 Å². The van der Waals surface area contributed by atoms with Crippen molar-refractivity contribution in [2.75, 3.05) is 6.61 Å². The van der Waals surface area contributed by atoms with Gasteiger partial charge in [0.05, 0.1) is 11.1 Å². The molecule has 0 bridgehead atoms. The lowest BCUT2D eigenvalue weighted by Crippen LogP contribution is -2.49. The van der Waals surface area contributed by atoms with E-state index in [4.69, 9.17) is 4.74 Å². The number of esters is 1. The lowest BCUT2D eigenvalue weighted by atomic mass is 9.87. The highest BCUT2D eigenvalue weighted by Crippen LogP contribution is 2.27. The molecule has 1 N–H and O–H groups in total. The number of benzene rings is 1. The topological polar surface area (TPSA) is 92.8 Å². The van der Waals surface area contributed by atoms with Gasteiger partial charge in [0.1, 0.15) is 6.04 Å². The maximum absolute atomic E-state index is 12.7. The molecule has 1 fully saturated rings. The number of carbonyl (C=O) groups excluding carboxylic acids is 4. The summed E-state index contributed by atoms with van der Waals surface area (Å²) in [5.74, 6) is -1.81. The molecular weight excluding hydrogens is 372 g/mol. The molecule has 0 spiro atoms. The Bertz CT molecular complexity index is 776. The van der Waals surface area contributed by atoms with E-state index in [1.54, 1.807) is 38.1 Å². The number of imide groups is 1. The predicted molar refractivity (Wildman–Crippen MR) is 106 cm³/mol. The Morgan fingerprint density at radius 2 is 1.62 bits per heavy atom. The van der Waals surface area contributed by atoms with Gasteiger partial charge in [0.15, 0.2) is 6.61 Å². The normalized spacial score (nSPS) is 22.4. The van der Waals surface area contributed by atoms with E-state index in [9.17, 15) is 19.2 Å². The zero-order chi connectivity index (χ0) is 21.1. The van der Waals surface area contributed by atoms with E-state index in [0.717, 1.165) is 30.6 Å². The zero-order valence-corrected chi connectivity index (χ0v) is 17.1. The van der Waals surface area contributed by atoms with Crippen molar-refractivity contribution in [3.63, 3.8) is 0 Å². The number of hydrogen-bond acceptors (Lipinski definition) is 5. The third-order valence-corrected chi connectivity index (χ3v) is 5.70. The number of nitrogens with zero attached hydrogens (tertiary/aromatic N) is 1. The molecule has 1 saturated carbocycles. The first kappa shape index (κ1) is 21.0. The fourth-order valence-electron chi connectivity index (χ4n) is 4.03. The van der Waals surface area contributed by atoms with Crippen LogP contribution in [0.15, 0.2) is 24.3 Å². The Morgan fingerprint density at radius 1 is 1.07 bits per heavy atom. The largest absolute Gasteiger partial charge is 0.454 e. The Kier molecular flexibility index (Phi) is 6.35. The quantitative estimate of drug-likeness (QED) is 0.585. The van der Waals surface area contributed by atoms with Crippen molar-refractivity contribution in [3.8, 4) is 0 Å². The van der Waals surface area contributed by atoms with Gasteiger partial charge in [0.2, 0.25) is 0 Å². The summed E-state index contributed by atoms with van der Waals surface area (Å²) < 4.78 is 5.20. The van der Waals surface area contributed by atoms with Gasteiger partial charge >= 0.3 is 5.97 Å². The first-order chi connectivity index (χ1) is 13.8. The van der Waals surface area contributed by atoms with Crippen LogP contribution in [-0.2, 0) is 14.3 Å². The summed E-state index contributed by atoms with van der Waals surface area (Å²) in [4.78, 5) is 51.2. The van der Waals surface area contributed by atoms with Crippen molar-refractivity contribution in [1.29, 1.82) is 0 Å². The molecule has 0 radical (unpaired) electrons. The van der Waals surface area contributed by atoms with Crippen molar-refractivity contribution in [1.82, 2.24) is 10.2 Å². The summed E-state index contributed by atoms with van der Waals surface area (Å²) in [5.41, 5.74) is 0.556. The molecule has 0 saturated heterocycles. The number of hydrogen-bond donors (Lipinski definition) is 1. The van der Waals surface area contributed by atoms with Crippen LogP contribution in [0.1, 0.15) is 67.2 Å². The molecule has 3 rings (SSSR count). The van der Waals surface area contributed by atoms with Crippen molar-refractivity contribution in [2.24, 2.45) is 11.8 Å². The summed E-state index contributed by atoms with van der Waals surface area (Å²) in [7, 11) is 0. The minimum absolute atomic E-state index is 0.106. The van der Waals surface area contributed by atoms with Crippen molar-refractivity contribution in [3.05, 3.63) is 35.4 Å². The number of nitrogens with one attached hydrogen (secondary N) is 1. The molecule has 1 aromatic rings. The molecule has 1 heterocycles. The minimum Gasteiger partial charge on any atom is -0.454 e. The number of rotatable bonds is 6. The third-order valence-electron chi connectivity index (χ3n) is 5.70. The van der Waals surface area contributed by atoms with Gasteiger partial charge in [-0.15, -0.1) is 0 Å². The van der Waals surface area contributed by atoms with Crippen molar-refractivity contribution < 1.29 is 23.9 Å². The molecule has 2 aliphatic rings. The van der Waals surface area contributed by atoms with Crippen LogP contribution >= 0.6 is 0 Å². The van der Waals surface area contributed by atoms with Crippen molar-refractivity contribution in [2.45, 2.75) is 58.5 Å². The molecular formula is C22H28N2O5. The number of amides is 3. The van der Waals surface area contributed by atoms with Gasteiger partial charge in [-0.2, -0.15) is 0 Å². The highest BCUT2D eigenvalue weighted by molar-refractivity contribution is 6.22. The first-order valence-electron chi connectivity index (χ1n) is 10.2. The monoisotopic (exact) mass is 400 g/mol. The van der Waals surface area contributed by atoms with Crippen molar-refractivity contribution >= 4 is 23.7 Å². The molecule has 0 aromatic heterocycles. The van der Waals surface area contributed by atoms with Gasteiger partial charge in [0, 0.05) is 6.04 Å². The molecule has 1 atom stereocenters. The maximum Gasteiger partial charge on any atom is 0.330 e. The second kappa shape index (κ2) is 8.76. The zero-order valence-electron chi connectivity index (χ0n) is 17.1. The second-order valence-electron chi connectivity index (χ2n) is 8.35. The van der Waals surface area contributed by atoms with Crippen LogP contribution in [0.5, 0.6) is 0 Å². The van der Waals surface area contributed by atoms with Gasteiger partial charge in [-0.25, -0.2) is 4.79 Å². The van der Waals surface area contributed by atoms with Crippen LogP contribution in [0.25, 0.3) is 0 Å². The number of carbonyl (C=O) groups is 4. The Labute approximate surface area is 170 Å². The van der Waals surface area contributed by atoms with Crippen LogP contribution in [0.4, 0.5) is 0 Å². The Hall–Kier alpha value is -2.70. The summed E-state index contributed by atoms with van der Waals surface area (Å²) in [6.45, 7) is 5.25. The lowest BCUT2D eigenvalue weighted by molar-refractivity contribution is -0.153. The van der Waals surface area contributed by atoms with Gasteiger partial charge in [-0.05, 0) is 49.7 Å². The Balaban J connectivity index is 1.61. The fraction of sp³-hybridized carbons (Fsp3) is 0.545. The third kappa shape index (κ3) is 4.49.